The highest BCUT2D eigenvalue weighted by molar-refractivity contribution is 6.35. The molecule has 3 unspecified atom stereocenters. The summed E-state index contributed by atoms with van der Waals surface area (Å²) in [5.41, 5.74) is 4.18. The molecule has 1 N–H and O–H groups in total. The molecule has 1 saturated heterocycles. The first-order valence-electron chi connectivity index (χ1n) is 10.4. The summed E-state index contributed by atoms with van der Waals surface area (Å²) in [5, 5.41) is 5.04. The van der Waals surface area contributed by atoms with Crippen LogP contribution in [-0.4, -0.2) is 23.9 Å². The van der Waals surface area contributed by atoms with Crippen LogP contribution in [0.3, 0.4) is 0 Å². The van der Waals surface area contributed by atoms with Crippen LogP contribution in [0.25, 0.3) is 0 Å². The molecule has 0 bridgehead atoms. The van der Waals surface area contributed by atoms with Crippen LogP contribution in [0.5, 0.6) is 0 Å². The van der Waals surface area contributed by atoms with E-state index in [0.29, 0.717) is 16.0 Å². The fraction of sp³-hybridized carbons (Fsp3) is 0.375. The molecule has 0 spiro atoms. The first-order valence-corrected chi connectivity index (χ1v) is 11.2. The fourth-order valence-corrected chi connectivity index (χ4v) is 5.59. The van der Waals surface area contributed by atoms with Crippen molar-refractivity contribution in [3.05, 3.63) is 75.3 Å². The van der Waals surface area contributed by atoms with Gasteiger partial charge in [0, 0.05) is 40.3 Å². The number of allylic oxidation sites excluding steroid dienone is 2. The lowest BCUT2D eigenvalue weighted by molar-refractivity contribution is 0.0724. The Bertz CT molecular complexity index is 981. The van der Waals surface area contributed by atoms with Crippen molar-refractivity contribution in [2.45, 2.75) is 37.6 Å². The molecule has 2 aliphatic heterocycles. The van der Waals surface area contributed by atoms with Crippen molar-refractivity contribution in [3.8, 4) is 0 Å². The van der Waals surface area contributed by atoms with Crippen molar-refractivity contribution in [1.82, 2.24) is 4.90 Å². The molecule has 1 aliphatic carbocycles. The lowest BCUT2D eigenvalue weighted by Crippen LogP contribution is -2.36. The third-order valence-electron chi connectivity index (χ3n) is 6.55. The Hall–Kier alpha value is -1.97. The smallest absolute Gasteiger partial charge is 0.253 e. The van der Waals surface area contributed by atoms with E-state index in [9.17, 15) is 4.79 Å². The SMILES string of the molecule is O=C(c1ccc2c(c1)C1C=CCC1C(c1ccc(Cl)cc1Cl)N2)N1CCCCC1. The van der Waals surface area contributed by atoms with E-state index in [4.69, 9.17) is 23.2 Å². The Morgan fingerprint density at radius 3 is 2.62 bits per heavy atom. The van der Waals surface area contributed by atoms with Gasteiger partial charge in [0.05, 0.1) is 6.04 Å². The molecular formula is C24H24Cl2N2O. The van der Waals surface area contributed by atoms with E-state index in [0.717, 1.165) is 49.2 Å². The second-order valence-electron chi connectivity index (χ2n) is 8.30. The zero-order valence-electron chi connectivity index (χ0n) is 16.2. The molecule has 3 aliphatic rings. The Morgan fingerprint density at radius 1 is 1.00 bits per heavy atom. The van der Waals surface area contributed by atoms with E-state index < -0.39 is 0 Å². The molecule has 3 atom stereocenters. The van der Waals surface area contributed by atoms with Gasteiger partial charge in [-0.1, -0.05) is 41.4 Å². The van der Waals surface area contributed by atoms with Crippen LogP contribution < -0.4 is 5.32 Å². The summed E-state index contributed by atoms with van der Waals surface area (Å²) in [5.74, 6) is 0.826. The summed E-state index contributed by atoms with van der Waals surface area (Å²) in [6.07, 6.45) is 8.97. The molecule has 2 aromatic rings. The van der Waals surface area contributed by atoms with E-state index in [-0.39, 0.29) is 17.9 Å². The summed E-state index contributed by atoms with van der Waals surface area (Å²) in [4.78, 5) is 15.0. The number of halogens is 2. The van der Waals surface area contributed by atoms with Gasteiger partial charge in [-0.25, -0.2) is 0 Å². The number of nitrogens with one attached hydrogen (secondary N) is 1. The molecule has 150 valence electrons. The minimum absolute atomic E-state index is 0.121. The van der Waals surface area contributed by atoms with Gasteiger partial charge in [0.1, 0.15) is 0 Å². The van der Waals surface area contributed by atoms with Crippen molar-refractivity contribution >= 4 is 34.8 Å². The van der Waals surface area contributed by atoms with Crippen LogP contribution in [0.2, 0.25) is 10.0 Å². The number of hydrogen-bond acceptors (Lipinski definition) is 2. The van der Waals surface area contributed by atoms with Gasteiger partial charge in [-0.3, -0.25) is 4.79 Å². The largest absolute Gasteiger partial charge is 0.378 e. The first-order chi connectivity index (χ1) is 14.1. The minimum atomic E-state index is 0.121. The van der Waals surface area contributed by atoms with Crippen molar-refractivity contribution in [3.63, 3.8) is 0 Å². The Labute approximate surface area is 181 Å². The number of carbonyl (C=O) groups is 1. The van der Waals surface area contributed by atoms with Crippen LogP contribution in [0.15, 0.2) is 48.6 Å². The minimum Gasteiger partial charge on any atom is -0.378 e. The summed E-state index contributed by atoms with van der Waals surface area (Å²) in [6.45, 7) is 1.74. The maximum absolute atomic E-state index is 13.0. The van der Waals surface area contributed by atoms with Crippen LogP contribution in [0.1, 0.15) is 59.1 Å². The number of likely N-dealkylation sites (tertiary alicyclic amines) is 1. The maximum Gasteiger partial charge on any atom is 0.253 e. The summed E-state index contributed by atoms with van der Waals surface area (Å²) < 4.78 is 0. The highest BCUT2D eigenvalue weighted by Crippen LogP contribution is 2.51. The average Bonchev–Trinajstić information content (AvgIpc) is 3.23. The molecule has 1 fully saturated rings. The van der Waals surface area contributed by atoms with Gasteiger partial charge in [-0.2, -0.15) is 0 Å². The van der Waals surface area contributed by atoms with E-state index >= 15 is 0 Å². The van der Waals surface area contributed by atoms with Gasteiger partial charge in [0.25, 0.3) is 5.91 Å². The molecule has 2 heterocycles. The topological polar surface area (TPSA) is 32.3 Å². The lowest BCUT2D eigenvalue weighted by Gasteiger charge is -2.38. The zero-order valence-corrected chi connectivity index (χ0v) is 17.7. The highest BCUT2D eigenvalue weighted by Gasteiger charge is 2.39. The molecule has 29 heavy (non-hydrogen) atoms. The molecule has 2 aromatic carbocycles. The Balaban J connectivity index is 1.48. The standard InChI is InChI=1S/C24H24Cl2N2O/c25-16-8-9-19(21(26)14-16)23-18-6-4-5-17(18)20-13-15(7-10-22(20)27-23)24(29)28-11-2-1-3-12-28/h4-5,7-10,13-14,17-18,23,27H,1-3,6,11-12H2. The molecule has 1 amide bonds. The van der Waals surface area contributed by atoms with Crippen molar-refractivity contribution in [2.24, 2.45) is 5.92 Å². The van der Waals surface area contributed by atoms with Crippen LogP contribution >= 0.6 is 23.2 Å². The quantitative estimate of drug-likeness (QED) is 0.559. The monoisotopic (exact) mass is 426 g/mol. The molecule has 0 saturated carbocycles. The van der Waals surface area contributed by atoms with Crippen LogP contribution in [-0.2, 0) is 0 Å². The van der Waals surface area contributed by atoms with Crippen molar-refractivity contribution in [1.29, 1.82) is 0 Å². The second-order valence-corrected chi connectivity index (χ2v) is 9.14. The van der Waals surface area contributed by atoms with Gasteiger partial charge >= 0.3 is 0 Å². The van der Waals surface area contributed by atoms with Gasteiger partial charge in [0.2, 0.25) is 0 Å². The van der Waals surface area contributed by atoms with E-state index in [2.05, 4.69) is 29.6 Å². The number of hydrogen-bond donors (Lipinski definition) is 1. The van der Waals surface area contributed by atoms with Gasteiger partial charge < -0.3 is 10.2 Å². The number of benzene rings is 2. The fourth-order valence-electron chi connectivity index (χ4n) is 5.07. The number of rotatable bonds is 2. The number of anilines is 1. The second kappa shape index (κ2) is 7.70. The predicted molar refractivity (Wildman–Crippen MR) is 119 cm³/mol. The third-order valence-corrected chi connectivity index (χ3v) is 7.11. The number of nitrogens with zero attached hydrogens (tertiary/aromatic N) is 1. The summed E-state index contributed by atoms with van der Waals surface area (Å²) in [6, 6.07) is 12.0. The average molecular weight is 427 g/mol. The predicted octanol–water partition coefficient (Wildman–Crippen LogP) is 6.45. The number of fused-ring (bicyclic) bond motifs is 3. The molecule has 5 rings (SSSR count). The molecule has 3 nitrogen and oxygen atoms in total. The molecule has 5 heteroatoms. The van der Waals surface area contributed by atoms with Crippen LogP contribution in [0.4, 0.5) is 5.69 Å². The van der Waals surface area contributed by atoms with Crippen molar-refractivity contribution < 1.29 is 4.79 Å². The van der Waals surface area contributed by atoms with E-state index in [1.54, 1.807) is 0 Å². The van der Waals surface area contributed by atoms with Crippen LogP contribution in [0, 0.1) is 5.92 Å². The van der Waals surface area contributed by atoms with Gasteiger partial charge in [-0.05, 0) is 73.1 Å². The van der Waals surface area contributed by atoms with Gasteiger partial charge in [-0.15, -0.1) is 0 Å². The Morgan fingerprint density at radius 2 is 1.83 bits per heavy atom. The van der Waals surface area contributed by atoms with E-state index in [1.165, 1.54) is 12.0 Å². The number of carbonyl (C=O) groups excluding carboxylic acids is 1. The van der Waals surface area contributed by atoms with Gasteiger partial charge in [0.15, 0.2) is 0 Å². The molecule has 0 radical (unpaired) electrons. The first kappa shape index (κ1) is 19.0. The normalized spacial score (nSPS) is 25.3. The molecular weight excluding hydrogens is 403 g/mol. The Kier molecular flexibility index (Phi) is 5.05. The third kappa shape index (κ3) is 3.45. The number of amides is 1. The summed E-state index contributed by atoms with van der Waals surface area (Å²) >= 11 is 12.6. The molecule has 0 aromatic heterocycles. The highest BCUT2D eigenvalue weighted by atomic mass is 35.5. The zero-order chi connectivity index (χ0) is 20.0. The summed E-state index contributed by atoms with van der Waals surface area (Å²) in [7, 11) is 0. The number of piperidine rings is 1. The van der Waals surface area contributed by atoms with Crippen molar-refractivity contribution in [2.75, 3.05) is 18.4 Å². The maximum atomic E-state index is 13.0. The van der Waals surface area contributed by atoms with E-state index in [1.807, 2.05) is 29.2 Å². The lowest BCUT2D eigenvalue weighted by atomic mass is 9.76.